The van der Waals surface area contributed by atoms with Gasteiger partial charge < -0.3 is 5.32 Å². The van der Waals surface area contributed by atoms with Gasteiger partial charge in [-0.3, -0.25) is 9.20 Å². The van der Waals surface area contributed by atoms with Gasteiger partial charge in [-0.25, -0.2) is 4.98 Å². The van der Waals surface area contributed by atoms with E-state index >= 15 is 0 Å². The second-order valence-corrected chi connectivity index (χ2v) is 5.76. The van der Waals surface area contributed by atoms with Crippen LogP contribution in [0, 0.1) is 6.92 Å². The molecule has 0 unspecified atom stereocenters. The van der Waals surface area contributed by atoms with Crippen LogP contribution in [0.15, 0.2) is 40.6 Å². The third kappa shape index (κ3) is 2.55. The Bertz CT molecular complexity index is 825. The molecule has 6 heteroatoms. The maximum Gasteiger partial charge on any atom is 0.258 e. The van der Waals surface area contributed by atoms with Crippen molar-refractivity contribution in [3.63, 3.8) is 0 Å². The summed E-state index contributed by atoms with van der Waals surface area (Å²) in [4.78, 5) is 17.0. The number of benzene rings is 1. The van der Waals surface area contributed by atoms with Crippen LogP contribution in [0.1, 0.15) is 11.3 Å². The van der Waals surface area contributed by atoms with Gasteiger partial charge in [0.25, 0.3) is 5.56 Å². The van der Waals surface area contributed by atoms with Gasteiger partial charge in [-0.05, 0) is 30.7 Å². The molecule has 2 aromatic heterocycles. The number of anilines is 1. The van der Waals surface area contributed by atoms with Crippen LogP contribution in [-0.4, -0.2) is 9.38 Å². The summed E-state index contributed by atoms with van der Waals surface area (Å²) in [5.41, 5.74) is 2.72. The Kier molecular flexibility index (Phi) is 3.46. The number of thiazole rings is 1. The van der Waals surface area contributed by atoms with Gasteiger partial charge in [0.1, 0.15) is 0 Å². The van der Waals surface area contributed by atoms with Crippen molar-refractivity contribution in [1.29, 1.82) is 0 Å². The molecule has 1 N–H and O–H groups in total. The SMILES string of the molecule is Cc1cc(Cl)ccc1NCc1cc(=O)n2ccsc2n1. The molecule has 0 aliphatic rings. The fourth-order valence-electron chi connectivity index (χ4n) is 1.99. The molecule has 1 aromatic carbocycles. The smallest absolute Gasteiger partial charge is 0.258 e. The highest BCUT2D eigenvalue weighted by Gasteiger charge is 2.04. The van der Waals surface area contributed by atoms with Crippen LogP contribution in [0.2, 0.25) is 5.02 Å². The van der Waals surface area contributed by atoms with Crippen molar-refractivity contribution in [2.75, 3.05) is 5.32 Å². The quantitative estimate of drug-likeness (QED) is 0.807. The first-order valence-electron chi connectivity index (χ1n) is 6.09. The molecule has 0 bridgehead atoms. The van der Waals surface area contributed by atoms with E-state index in [0.717, 1.165) is 16.9 Å². The van der Waals surface area contributed by atoms with Crippen molar-refractivity contribution in [3.8, 4) is 0 Å². The van der Waals surface area contributed by atoms with E-state index in [1.807, 2.05) is 30.5 Å². The van der Waals surface area contributed by atoms with E-state index in [0.29, 0.717) is 16.5 Å². The highest BCUT2D eigenvalue weighted by Crippen LogP contribution is 2.20. The lowest BCUT2D eigenvalue weighted by molar-refractivity contribution is 0.988. The Labute approximate surface area is 124 Å². The molecule has 0 atom stereocenters. The van der Waals surface area contributed by atoms with Gasteiger partial charge in [0.15, 0.2) is 4.96 Å². The van der Waals surface area contributed by atoms with Gasteiger partial charge in [0.05, 0.1) is 12.2 Å². The molecule has 20 heavy (non-hydrogen) atoms. The molecule has 0 amide bonds. The Morgan fingerprint density at radius 3 is 3.05 bits per heavy atom. The van der Waals surface area contributed by atoms with Crippen LogP contribution < -0.4 is 10.9 Å². The number of hydrogen-bond donors (Lipinski definition) is 1. The number of rotatable bonds is 3. The molecule has 4 nitrogen and oxygen atoms in total. The molecular formula is C14H12ClN3OS. The van der Waals surface area contributed by atoms with Crippen LogP contribution in [-0.2, 0) is 6.54 Å². The second-order valence-electron chi connectivity index (χ2n) is 4.45. The maximum absolute atomic E-state index is 11.9. The average Bonchev–Trinajstić information content (AvgIpc) is 2.86. The van der Waals surface area contributed by atoms with Gasteiger partial charge in [-0.2, -0.15) is 0 Å². The monoisotopic (exact) mass is 305 g/mol. The molecule has 0 saturated carbocycles. The number of fused-ring (bicyclic) bond motifs is 1. The molecule has 102 valence electrons. The van der Waals surface area contributed by atoms with E-state index in [1.165, 1.54) is 11.3 Å². The highest BCUT2D eigenvalue weighted by molar-refractivity contribution is 7.15. The summed E-state index contributed by atoms with van der Waals surface area (Å²) in [5, 5.41) is 5.84. The molecule has 2 heterocycles. The lowest BCUT2D eigenvalue weighted by Crippen LogP contribution is -2.14. The minimum absolute atomic E-state index is 0.0547. The van der Waals surface area contributed by atoms with Crippen LogP contribution in [0.5, 0.6) is 0 Å². The fourth-order valence-corrected chi connectivity index (χ4v) is 2.95. The molecule has 3 rings (SSSR count). The number of nitrogens with zero attached hydrogens (tertiary/aromatic N) is 2. The first-order chi connectivity index (χ1) is 9.63. The van der Waals surface area contributed by atoms with E-state index in [2.05, 4.69) is 10.3 Å². The number of hydrogen-bond acceptors (Lipinski definition) is 4. The van der Waals surface area contributed by atoms with E-state index in [1.54, 1.807) is 16.7 Å². The van der Waals surface area contributed by atoms with Gasteiger partial charge in [0, 0.05) is 28.4 Å². The Balaban J connectivity index is 1.84. The number of halogens is 1. The lowest BCUT2D eigenvalue weighted by Gasteiger charge is -2.09. The largest absolute Gasteiger partial charge is 0.379 e. The van der Waals surface area contributed by atoms with Gasteiger partial charge in [-0.15, -0.1) is 11.3 Å². The lowest BCUT2D eigenvalue weighted by atomic mass is 10.2. The summed E-state index contributed by atoms with van der Waals surface area (Å²) in [6, 6.07) is 7.21. The number of aromatic nitrogens is 2. The third-order valence-electron chi connectivity index (χ3n) is 3.00. The molecule has 0 fully saturated rings. The standard InChI is InChI=1S/C14H12ClN3OS/c1-9-6-10(15)2-3-12(9)16-8-11-7-13(19)18-4-5-20-14(18)17-11/h2-7,16H,8H2,1H3. The van der Waals surface area contributed by atoms with Crippen LogP contribution >= 0.6 is 22.9 Å². The van der Waals surface area contributed by atoms with Crippen LogP contribution in [0.25, 0.3) is 4.96 Å². The highest BCUT2D eigenvalue weighted by atomic mass is 35.5. The summed E-state index contributed by atoms with van der Waals surface area (Å²) < 4.78 is 1.54. The van der Waals surface area contributed by atoms with Crippen molar-refractivity contribution >= 4 is 33.6 Å². The van der Waals surface area contributed by atoms with Gasteiger partial charge >= 0.3 is 0 Å². The zero-order valence-corrected chi connectivity index (χ0v) is 12.3. The molecule has 0 radical (unpaired) electrons. The predicted molar refractivity (Wildman–Crippen MR) is 82.9 cm³/mol. The van der Waals surface area contributed by atoms with Crippen LogP contribution in [0.3, 0.4) is 0 Å². The van der Waals surface area contributed by atoms with Crippen LogP contribution in [0.4, 0.5) is 5.69 Å². The molecule has 3 aromatic rings. The molecule has 0 aliphatic carbocycles. The summed E-state index contributed by atoms with van der Waals surface area (Å²) in [5.74, 6) is 0. The first kappa shape index (κ1) is 13.1. The summed E-state index contributed by atoms with van der Waals surface area (Å²) in [6.07, 6.45) is 1.73. The van der Waals surface area contributed by atoms with Crippen molar-refractivity contribution in [3.05, 3.63) is 62.5 Å². The minimum atomic E-state index is -0.0547. The zero-order valence-electron chi connectivity index (χ0n) is 10.8. The van der Waals surface area contributed by atoms with Gasteiger partial charge in [-0.1, -0.05) is 11.6 Å². The van der Waals surface area contributed by atoms with E-state index in [9.17, 15) is 4.79 Å². The van der Waals surface area contributed by atoms with Crippen molar-refractivity contribution < 1.29 is 0 Å². The van der Waals surface area contributed by atoms with E-state index in [4.69, 9.17) is 11.6 Å². The topological polar surface area (TPSA) is 46.4 Å². The first-order valence-corrected chi connectivity index (χ1v) is 7.35. The molecule has 0 saturated heterocycles. The van der Waals surface area contributed by atoms with E-state index < -0.39 is 0 Å². The van der Waals surface area contributed by atoms with Crippen molar-refractivity contribution in [2.45, 2.75) is 13.5 Å². The summed E-state index contributed by atoms with van der Waals surface area (Å²) in [7, 11) is 0. The number of nitrogens with one attached hydrogen (secondary N) is 1. The fraction of sp³-hybridized carbons (Fsp3) is 0.143. The number of aryl methyl sites for hydroxylation is 1. The van der Waals surface area contributed by atoms with E-state index in [-0.39, 0.29) is 5.56 Å². The third-order valence-corrected chi connectivity index (χ3v) is 4.00. The minimum Gasteiger partial charge on any atom is -0.379 e. The summed E-state index contributed by atoms with van der Waals surface area (Å²) in [6.45, 7) is 2.49. The second kappa shape index (κ2) is 5.26. The maximum atomic E-state index is 11.9. The normalized spacial score (nSPS) is 10.9. The summed E-state index contributed by atoms with van der Waals surface area (Å²) >= 11 is 7.37. The average molecular weight is 306 g/mol. The van der Waals surface area contributed by atoms with Gasteiger partial charge in [0.2, 0.25) is 0 Å². The Morgan fingerprint density at radius 1 is 1.40 bits per heavy atom. The van der Waals surface area contributed by atoms with Crippen molar-refractivity contribution in [1.82, 2.24) is 9.38 Å². The Morgan fingerprint density at radius 2 is 2.25 bits per heavy atom. The molecule has 0 aliphatic heterocycles. The molecule has 0 spiro atoms. The molecular weight excluding hydrogens is 294 g/mol. The predicted octanol–water partition coefficient (Wildman–Crippen LogP) is 3.33. The Hall–Kier alpha value is -1.85. The van der Waals surface area contributed by atoms with Crippen molar-refractivity contribution in [2.24, 2.45) is 0 Å². The zero-order chi connectivity index (χ0) is 14.1.